The van der Waals surface area contributed by atoms with E-state index >= 15 is 0 Å². The van der Waals surface area contributed by atoms with E-state index < -0.39 is 0 Å². The highest BCUT2D eigenvalue weighted by molar-refractivity contribution is 5.19. The van der Waals surface area contributed by atoms with Crippen molar-refractivity contribution in [3.8, 4) is 5.88 Å². The second kappa shape index (κ2) is 3.05. The van der Waals surface area contributed by atoms with Crippen LogP contribution in [-0.4, -0.2) is 15.1 Å². The molecule has 1 aromatic heterocycles. The quantitative estimate of drug-likeness (QED) is 0.696. The van der Waals surface area contributed by atoms with Crippen LogP contribution in [0.3, 0.4) is 0 Å². The molecule has 1 aliphatic rings. The van der Waals surface area contributed by atoms with Crippen LogP contribution in [0.25, 0.3) is 0 Å². The zero-order valence-electron chi connectivity index (χ0n) is 8.17. The van der Waals surface area contributed by atoms with Crippen LogP contribution in [-0.2, 0) is 0 Å². The summed E-state index contributed by atoms with van der Waals surface area (Å²) < 4.78 is 0. The largest absolute Gasteiger partial charge is 0.492 e. The summed E-state index contributed by atoms with van der Waals surface area (Å²) in [6.45, 7) is 4.12. The zero-order valence-corrected chi connectivity index (χ0v) is 8.17. The van der Waals surface area contributed by atoms with Crippen molar-refractivity contribution >= 4 is 0 Å². The Hall–Kier alpha value is -0.990. The average molecular weight is 180 g/mol. The molecule has 0 saturated heterocycles. The van der Waals surface area contributed by atoms with Gasteiger partial charge in [0.15, 0.2) is 0 Å². The standard InChI is InChI=1S/C10H16N2O/c1-6-3-4-8(5-6)9-11-7(2)10(13)12-9/h6,8,13H,3-5H2,1-2H3,(H,11,12). The fourth-order valence-electron chi connectivity index (χ4n) is 2.12. The van der Waals surface area contributed by atoms with Gasteiger partial charge in [0.2, 0.25) is 5.88 Å². The molecule has 1 saturated carbocycles. The molecule has 1 aromatic rings. The van der Waals surface area contributed by atoms with E-state index in [2.05, 4.69) is 16.9 Å². The zero-order chi connectivity index (χ0) is 9.42. The minimum Gasteiger partial charge on any atom is -0.492 e. The number of aryl methyl sites for hydroxylation is 1. The lowest BCUT2D eigenvalue weighted by Crippen LogP contribution is -1.95. The van der Waals surface area contributed by atoms with Gasteiger partial charge in [-0.05, 0) is 32.1 Å². The van der Waals surface area contributed by atoms with Crippen LogP contribution in [0.1, 0.15) is 43.6 Å². The summed E-state index contributed by atoms with van der Waals surface area (Å²) in [5.41, 5.74) is 0.787. The molecule has 0 radical (unpaired) electrons. The van der Waals surface area contributed by atoms with E-state index in [4.69, 9.17) is 0 Å². The van der Waals surface area contributed by atoms with Crippen LogP contribution in [0.5, 0.6) is 5.88 Å². The minimum atomic E-state index is 0.162. The second-order valence-electron chi connectivity index (χ2n) is 4.19. The number of hydrogen-bond donors (Lipinski definition) is 2. The maximum atomic E-state index is 9.32. The molecule has 2 N–H and O–H groups in total. The van der Waals surface area contributed by atoms with Crippen LogP contribution in [0.2, 0.25) is 0 Å². The normalized spacial score (nSPS) is 28.2. The van der Waals surface area contributed by atoms with Gasteiger partial charge in [0, 0.05) is 5.92 Å². The van der Waals surface area contributed by atoms with Gasteiger partial charge in [0.1, 0.15) is 5.82 Å². The molecule has 3 nitrogen and oxygen atoms in total. The van der Waals surface area contributed by atoms with Gasteiger partial charge in [0.05, 0.1) is 5.69 Å². The van der Waals surface area contributed by atoms with Crippen molar-refractivity contribution in [1.82, 2.24) is 9.97 Å². The Balaban J connectivity index is 2.17. The fourth-order valence-corrected chi connectivity index (χ4v) is 2.12. The molecule has 13 heavy (non-hydrogen) atoms. The van der Waals surface area contributed by atoms with E-state index in [1.165, 1.54) is 19.3 Å². The van der Waals surface area contributed by atoms with Gasteiger partial charge in [-0.1, -0.05) is 6.92 Å². The topological polar surface area (TPSA) is 48.9 Å². The Bertz CT molecular complexity index is 286. The molecular formula is C10H16N2O. The van der Waals surface area contributed by atoms with Gasteiger partial charge < -0.3 is 10.1 Å². The molecule has 2 rings (SSSR count). The SMILES string of the molecule is Cc1[nH]c(C2CCC(C)C2)nc1O. The van der Waals surface area contributed by atoms with Crippen molar-refractivity contribution in [2.45, 2.75) is 39.0 Å². The third-order valence-corrected chi connectivity index (χ3v) is 2.96. The van der Waals surface area contributed by atoms with E-state index in [0.717, 1.165) is 17.4 Å². The molecule has 1 fully saturated rings. The molecular weight excluding hydrogens is 164 g/mol. The fraction of sp³-hybridized carbons (Fsp3) is 0.700. The van der Waals surface area contributed by atoms with Crippen molar-refractivity contribution in [3.05, 3.63) is 11.5 Å². The first-order valence-electron chi connectivity index (χ1n) is 4.92. The number of aromatic nitrogens is 2. The minimum absolute atomic E-state index is 0.162. The molecule has 3 heteroatoms. The first-order valence-corrected chi connectivity index (χ1v) is 4.92. The van der Waals surface area contributed by atoms with Crippen LogP contribution in [0.15, 0.2) is 0 Å². The molecule has 2 atom stereocenters. The lowest BCUT2D eigenvalue weighted by molar-refractivity contribution is 0.450. The summed E-state index contributed by atoms with van der Waals surface area (Å²) >= 11 is 0. The highest BCUT2D eigenvalue weighted by atomic mass is 16.3. The molecule has 0 amide bonds. The number of aromatic amines is 1. The van der Waals surface area contributed by atoms with Gasteiger partial charge in [-0.25, -0.2) is 0 Å². The third kappa shape index (κ3) is 1.55. The van der Waals surface area contributed by atoms with E-state index in [1.54, 1.807) is 0 Å². The van der Waals surface area contributed by atoms with E-state index in [9.17, 15) is 5.11 Å². The van der Waals surface area contributed by atoms with Crippen molar-refractivity contribution in [3.63, 3.8) is 0 Å². The predicted molar refractivity (Wildman–Crippen MR) is 50.7 cm³/mol. The summed E-state index contributed by atoms with van der Waals surface area (Å²) in [6, 6.07) is 0. The van der Waals surface area contributed by atoms with Crippen LogP contribution in [0.4, 0.5) is 0 Å². The highest BCUT2D eigenvalue weighted by Gasteiger charge is 2.25. The summed E-state index contributed by atoms with van der Waals surface area (Å²) in [7, 11) is 0. The smallest absolute Gasteiger partial charge is 0.232 e. The second-order valence-corrected chi connectivity index (χ2v) is 4.19. The Labute approximate surface area is 78.2 Å². The number of aromatic hydroxyl groups is 1. The van der Waals surface area contributed by atoms with Crippen molar-refractivity contribution in [2.24, 2.45) is 5.92 Å². The van der Waals surface area contributed by atoms with Gasteiger partial charge in [-0.3, -0.25) is 0 Å². The number of rotatable bonds is 1. The summed E-state index contributed by atoms with van der Waals surface area (Å²) in [6.07, 6.45) is 3.69. The van der Waals surface area contributed by atoms with E-state index in [-0.39, 0.29) is 5.88 Å². The van der Waals surface area contributed by atoms with Gasteiger partial charge in [-0.2, -0.15) is 4.98 Å². The van der Waals surface area contributed by atoms with Crippen molar-refractivity contribution < 1.29 is 5.11 Å². The molecule has 0 aromatic carbocycles. The molecule has 0 bridgehead atoms. The maximum Gasteiger partial charge on any atom is 0.232 e. The average Bonchev–Trinajstić information content (AvgIpc) is 2.61. The van der Waals surface area contributed by atoms with E-state index in [1.807, 2.05) is 6.92 Å². The lowest BCUT2D eigenvalue weighted by Gasteiger charge is -2.04. The third-order valence-electron chi connectivity index (χ3n) is 2.96. The summed E-state index contributed by atoms with van der Waals surface area (Å²) in [5.74, 6) is 2.47. The number of imidazole rings is 1. The monoisotopic (exact) mass is 180 g/mol. The predicted octanol–water partition coefficient (Wildman–Crippen LogP) is 2.33. The number of nitrogens with zero attached hydrogens (tertiary/aromatic N) is 1. The molecule has 0 spiro atoms. The van der Waals surface area contributed by atoms with Gasteiger partial charge in [0.25, 0.3) is 0 Å². The Morgan fingerprint density at radius 1 is 1.46 bits per heavy atom. The number of nitrogens with one attached hydrogen (secondary N) is 1. The maximum absolute atomic E-state index is 9.32. The summed E-state index contributed by atoms with van der Waals surface area (Å²) in [5, 5.41) is 9.32. The van der Waals surface area contributed by atoms with Gasteiger partial charge in [-0.15, -0.1) is 0 Å². The highest BCUT2D eigenvalue weighted by Crippen LogP contribution is 2.37. The van der Waals surface area contributed by atoms with Crippen LogP contribution in [0, 0.1) is 12.8 Å². The number of hydrogen-bond acceptors (Lipinski definition) is 2. The van der Waals surface area contributed by atoms with Crippen LogP contribution < -0.4 is 0 Å². The molecule has 2 unspecified atom stereocenters. The van der Waals surface area contributed by atoms with E-state index in [0.29, 0.717) is 5.92 Å². The van der Waals surface area contributed by atoms with Crippen LogP contribution >= 0.6 is 0 Å². The number of H-pyrrole nitrogens is 1. The molecule has 1 heterocycles. The Kier molecular flexibility index (Phi) is 2.02. The molecule has 1 aliphatic carbocycles. The van der Waals surface area contributed by atoms with Gasteiger partial charge >= 0.3 is 0 Å². The van der Waals surface area contributed by atoms with Crippen molar-refractivity contribution in [2.75, 3.05) is 0 Å². The lowest BCUT2D eigenvalue weighted by atomic mass is 10.1. The first kappa shape index (κ1) is 8.60. The summed E-state index contributed by atoms with van der Waals surface area (Å²) in [4.78, 5) is 7.27. The Morgan fingerprint density at radius 2 is 2.23 bits per heavy atom. The molecule has 72 valence electrons. The van der Waals surface area contributed by atoms with Crippen molar-refractivity contribution in [1.29, 1.82) is 0 Å². The molecule has 0 aliphatic heterocycles. The Morgan fingerprint density at radius 3 is 2.69 bits per heavy atom. The first-order chi connectivity index (χ1) is 6.16.